The number of aliphatic imine (C=N–C) groups is 1. The zero-order valence-electron chi connectivity index (χ0n) is 15.8. The Bertz CT molecular complexity index is 386. The van der Waals surface area contributed by atoms with Gasteiger partial charge in [0.25, 0.3) is 0 Å². The van der Waals surface area contributed by atoms with Crippen molar-refractivity contribution in [2.45, 2.75) is 59.7 Å². The summed E-state index contributed by atoms with van der Waals surface area (Å²) >= 11 is 0. The molecule has 0 bridgehead atoms. The smallest absolute Gasteiger partial charge is 0.193 e. The van der Waals surface area contributed by atoms with Crippen LogP contribution in [0.3, 0.4) is 0 Å². The Hall–Kier alpha value is -0.810. The van der Waals surface area contributed by atoms with Crippen molar-refractivity contribution >= 4 is 5.96 Å². The van der Waals surface area contributed by atoms with Gasteiger partial charge in [0.05, 0.1) is 12.2 Å². The molecule has 2 rings (SSSR count). The summed E-state index contributed by atoms with van der Waals surface area (Å²) in [5, 5.41) is 3.46. The molecule has 0 amide bonds. The van der Waals surface area contributed by atoms with E-state index >= 15 is 0 Å². The second-order valence-electron chi connectivity index (χ2n) is 7.94. The van der Waals surface area contributed by atoms with Crippen molar-refractivity contribution in [2.75, 3.05) is 45.8 Å². The van der Waals surface area contributed by atoms with Gasteiger partial charge in [-0.05, 0) is 39.0 Å². The lowest BCUT2D eigenvalue weighted by Gasteiger charge is -2.35. The maximum atomic E-state index is 5.79. The second-order valence-corrected chi connectivity index (χ2v) is 7.94. The van der Waals surface area contributed by atoms with Gasteiger partial charge in [-0.2, -0.15) is 0 Å². The van der Waals surface area contributed by atoms with E-state index in [0.717, 1.165) is 58.2 Å². The topological polar surface area (TPSA) is 40.1 Å². The van der Waals surface area contributed by atoms with Crippen LogP contribution in [-0.4, -0.2) is 73.8 Å². The third kappa shape index (κ3) is 5.96. The molecule has 1 N–H and O–H groups in total. The van der Waals surface area contributed by atoms with E-state index < -0.39 is 0 Å². The van der Waals surface area contributed by atoms with Gasteiger partial charge in [-0.15, -0.1) is 0 Å². The molecule has 2 atom stereocenters. The molecule has 2 aliphatic heterocycles. The SMILES string of the molecule is CCNC(=NCCCN1CC(C)OC(C)C1)N1CCC(C)(C)C1. The van der Waals surface area contributed by atoms with Crippen LogP contribution in [0, 0.1) is 5.41 Å². The maximum absolute atomic E-state index is 5.79. The Morgan fingerprint density at radius 2 is 1.96 bits per heavy atom. The first-order valence-electron chi connectivity index (χ1n) is 9.30. The molecule has 2 fully saturated rings. The van der Waals surface area contributed by atoms with Gasteiger partial charge in [0.2, 0.25) is 0 Å². The fourth-order valence-corrected chi connectivity index (χ4v) is 3.67. The Kier molecular flexibility index (Phi) is 6.72. The van der Waals surface area contributed by atoms with Gasteiger partial charge >= 0.3 is 0 Å². The lowest BCUT2D eigenvalue weighted by atomic mass is 9.93. The first-order chi connectivity index (χ1) is 10.9. The Balaban J connectivity index is 1.77. The van der Waals surface area contributed by atoms with Crippen molar-refractivity contribution < 1.29 is 4.74 Å². The molecule has 0 aromatic heterocycles. The third-order valence-electron chi connectivity index (χ3n) is 4.70. The summed E-state index contributed by atoms with van der Waals surface area (Å²) in [6, 6.07) is 0. The normalized spacial score (nSPS) is 29.1. The van der Waals surface area contributed by atoms with E-state index in [1.165, 1.54) is 6.42 Å². The van der Waals surface area contributed by atoms with Crippen molar-refractivity contribution in [2.24, 2.45) is 10.4 Å². The van der Waals surface area contributed by atoms with E-state index in [1.54, 1.807) is 0 Å². The summed E-state index contributed by atoms with van der Waals surface area (Å²) in [4.78, 5) is 9.79. The number of hydrogen-bond donors (Lipinski definition) is 1. The van der Waals surface area contributed by atoms with Gasteiger partial charge in [-0.25, -0.2) is 0 Å². The predicted octanol–water partition coefficient (Wildman–Crippen LogP) is 2.18. The molecule has 0 aromatic carbocycles. The monoisotopic (exact) mass is 324 g/mol. The average molecular weight is 325 g/mol. The van der Waals surface area contributed by atoms with Crippen LogP contribution in [0.5, 0.6) is 0 Å². The van der Waals surface area contributed by atoms with Crippen LogP contribution in [0.25, 0.3) is 0 Å². The number of hydrogen-bond acceptors (Lipinski definition) is 3. The third-order valence-corrected chi connectivity index (χ3v) is 4.70. The highest BCUT2D eigenvalue weighted by atomic mass is 16.5. The van der Waals surface area contributed by atoms with Crippen LogP contribution in [0.1, 0.15) is 47.5 Å². The molecule has 0 saturated carbocycles. The van der Waals surface area contributed by atoms with Crippen molar-refractivity contribution in [3.05, 3.63) is 0 Å². The van der Waals surface area contributed by atoms with Gasteiger partial charge in [-0.3, -0.25) is 9.89 Å². The van der Waals surface area contributed by atoms with Gasteiger partial charge in [0, 0.05) is 45.8 Å². The van der Waals surface area contributed by atoms with E-state index in [0.29, 0.717) is 17.6 Å². The Morgan fingerprint density at radius 3 is 2.52 bits per heavy atom. The lowest BCUT2D eigenvalue weighted by Crippen LogP contribution is -2.45. The van der Waals surface area contributed by atoms with Crippen LogP contribution in [-0.2, 0) is 4.74 Å². The average Bonchev–Trinajstić information content (AvgIpc) is 2.81. The van der Waals surface area contributed by atoms with Crippen LogP contribution in [0.15, 0.2) is 4.99 Å². The number of guanidine groups is 1. The summed E-state index contributed by atoms with van der Waals surface area (Å²) in [5.74, 6) is 1.10. The maximum Gasteiger partial charge on any atom is 0.193 e. The highest BCUT2D eigenvalue weighted by Gasteiger charge is 2.30. The van der Waals surface area contributed by atoms with Gasteiger partial charge in [0.1, 0.15) is 0 Å². The number of nitrogens with zero attached hydrogens (tertiary/aromatic N) is 3. The summed E-state index contributed by atoms with van der Waals surface area (Å²) in [7, 11) is 0. The first-order valence-corrected chi connectivity index (χ1v) is 9.30. The van der Waals surface area contributed by atoms with Gasteiger partial charge in [-0.1, -0.05) is 13.8 Å². The van der Waals surface area contributed by atoms with Gasteiger partial charge in [0.15, 0.2) is 5.96 Å². The van der Waals surface area contributed by atoms with Crippen LogP contribution >= 0.6 is 0 Å². The highest BCUT2D eigenvalue weighted by molar-refractivity contribution is 5.80. The minimum atomic E-state index is 0.353. The predicted molar refractivity (Wildman–Crippen MR) is 97.0 cm³/mol. The van der Waals surface area contributed by atoms with E-state index in [-0.39, 0.29) is 0 Å². The quantitative estimate of drug-likeness (QED) is 0.478. The summed E-state index contributed by atoms with van der Waals surface area (Å²) < 4.78 is 5.79. The number of likely N-dealkylation sites (tertiary alicyclic amines) is 1. The molecule has 2 saturated heterocycles. The van der Waals surface area contributed by atoms with Crippen molar-refractivity contribution in [3.8, 4) is 0 Å². The molecule has 0 aromatic rings. The molecular weight excluding hydrogens is 288 g/mol. The van der Waals surface area contributed by atoms with E-state index in [4.69, 9.17) is 9.73 Å². The fourth-order valence-electron chi connectivity index (χ4n) is 3.67. The molecule has 2 aliphatic rings. The molecule has 0 aliphatic carbocycles. The van der Waals surface area contributed by atoms with Crippen LogP contribution < -0.4 is 5.32 Å². The molecule has 134 valence electrons. The lowest BCUT2D eigenvalue weighted by molar-refractivity contribution is -0.0679. The summed E-state index contributed by atoms with van der Waals surface area (Å²) in [6.07, 6.45) is 3.07. The van der Waals surface area contributed by atoms with Crippen LogP contribution in [0.4, 0.5) is 0 Å². The Labute approximate surface area is 142 Å². The van der Waals surface area contributed by atoms with E-state index in [1.807, 2.05) is 0 Å². The minimum absolute atomic E-state index is 0.353. The standard InChI is InChI=1S/C18H36N4O/c1-6-19-17(22-11-8-18(4,5)14-22)20-9-7-10-21-12-15(2)23-16(3)13-21/h15-16H,6-14H2,1-5H3,(H,19,20). The number of ether oxygens (including phenoxy) is 1. The summed E-state index contributed by atoms with van der Waals surface area (Å²) in [5.41, 5.74) is 0.413. The van der Waals surface area contributed by atoms with Gasteiger partial charge < -0.3 is 15.0 Å². The number of nitrogens with one attached hydrogen (secondary N) is 1. The second kappa shape index (κ2) is 8.34. The molecule has 2 unspecified atom stereocenters. The molecule has 5 heteroatoms. The zero-order chi connectivity index (χ0) is 16.9. The molecular formula is C18H36N4O. The molecule has 5 nitrogen and oxygen atoms in total. The van der Waals surface area contributed by atoms with Crippen LogP contribution in [0.2, 0.25) is 0 Å². The van der Waals surface area contributed by atoms with E-state index in [9.17, 15) is 0 Å². The fraction of sp³-hybridized carbons (Fsp3) is 0.944. The van der Waals surface area contributed by atoms with Crippen molar-refractivity contribution in [1.29, 1.82) is 0 Å². The van der Waals surface area contributed by atoms with Crippen molar-refractivity contribution in [1.82, 2.24) is 15.1 Å². The summed E-state index contributed by atoms with van der Waals surface area (Å²) in [6.45, 7) is 18.5. The molecule has 0 spiro atoms. The number of morpholine rings is 1. The zero-order valence-corrected chi connectivity index (χ0v) is 15.8. The minimum Gasteiger partial charge on any atom is -0.373 e. The highest BCUT2D eigenvalue weighted by Crippen LogP contribution is 2.28. The van der Waals surface area contributed by atoms with Crippen molar-refractivity contribution in [3.63, 3.8) is 0 Å². The number of rotatable bonds is 5. The van der Waals surface area contributed by atoms with E-state index in [2.05, 4.69) is 49.7 Å². The first kappa shape index (κ1) is 18.5. The molecule has 23 heavy (non-hydrogen) atoms. The largest absolute Gasteiger partial charge is 0.373 e. The Morgan fingerprint density at radius 1 is 1.26 bits per heavy atom. The molecule has 2 heterocycles. The molecule has 0 radical (unpaired) electrons.